The maximum absolute atomic E-state index is 3.49. The second-order valence-corrected chi connectivity index (χ2v) is 4.73. The van der Waals surface area contributed by atoms with Crippen LogP contribution in [0.4, 0.5) is 5.69 Å². The van der Waals surface area contributed by atoms with Crippen LogP contribution in [-0.2, 0) is 6.54 Å². The summed E-state index contributed by atoms with van der Waals surface area (Å²) < 4.78 is 0. The number of nitrogens with zero attached hydrogens (tertiary/aromatic N) is 1. The SMILES string of the molecule is Cc1ccc2c(c1)N(C1CC1)CCNC2. The van der Waals surface area contributed by atoms with E-state index < -0.39 is 0 Å². The first-order valence-corrected chi connectivity index (χ1v) is 5.91. The van der Waals surface area contributed by atoms with Gasteiger partial charge in [-0.25, -0.2) is 0 Å². The number of hydrogen-bond donors (Lipinski definition) is 1. The van der Waals surface area contributed by atoms with Crippen LogP contribution < -0.4 is 10.2 Å². The molecule has 0 bridgehead atoms. The van der Waals surface area contributed by atoms with Gasteiger partial charge < -0.3 is 10.2 Å². The summed E-state index contributed by atoms with van der Waals surface area (Å²) >= 11 is 0. The zero-order valence-electron chi connectivity index (χ0n) is 9.29. The fraction of sp³-hybridized carbons (Fsp3) is 0.538. The minimum atomic E-state index is 0.824. The second kappa shape index (κ2) is 3.53. The topological polar surface area (TPSA) is 15.3 Å². The third-order valence-electron chi connectivity index (χ3n) is 3.38. The molecule has 1 aliphatic heterocycles. The third-order valence-corrected chi connectivity index (χ3v) is 3.38. The summed E-state index contributed by atoms with van der Waals surface area (Å²) in [5, 5.41) is 3.49. The molecule has 0 spiro atoms. The molecule has 15 heavy (non-hydrogen) atoms. The third kappa shape index (κ3) is 1.74. The quantitative estimate of drug-likeness (QED) is 0.750. The molecule has 1 aromatic rings. The molecular formula is C13H18N2. The summed E-state index contributed by atoms with van der Waals surface area (Å²) in [6.07, 6.45) is 2.76. The summed E-state index contributed by atoms with van der Waals surface area (Å²) in [7, 11) is 0. The number of anilines is 1. The first-order chi connectivity index (χ1) is 7.34. The van der Waals surface area contributed by atoms with E-state index in [0.29, 0.717) is 0 Å². The highest BCUT2D eigenvalue weighted by molar-refractivity contribution is 5.57. The Morgan fingerprint density at radius 1 is 1.33 bits per heavy atom. The molecule has 0 amide bonds. The Morgan fingerprint density at radius 2 is 2.20 bits per heavy atom. The van der Waals surface area contributed by atoms with Crippen molar-refractivity contribution in [1.29, 1.82) is 0 Å². The highest BCUT2D eigenvalue weighted by Gasteiger charge is 2.30. The fourth-order valence-corrected chi connectivity index (χ4v) is 2.40. The zero-order valence-corrected chi connectivity index (χ0v) is 9.29. The predicted molar refractivity (Wildman–Crippen MR) is 63.3 cm³/mol. The summed E-state index contributed by atoms with van der Waals surface area (Å²) in [5.41, 5.74) is 4.31. The van der Waals surface area contributed by atoms with Crippen molar-refractivity contribution in [2.45, 2.75) is 32.4 Å². The minimum absolute atomic E-state index is 0.824. The molecular weight excluding hydrogens is 184 g/mol. The van der Waals surface area contributed by atoms with Crippen LogP contribution >= 0.6 is 0 Å². The molecule has 2 aliphatic rings. The van der Waals surface area contributed by atoms with Crippen LogP contribution in [0.5, 0.6) is 0 Å². The fourth-order valence-electron chi connectivity index (χ4n) is 2.40. The first kappa shape index (κ1) is 9.22. The summed E-state index contributed by atoms with van der Waals surface area (Å²) in [6, 6.07) is 7.67. The second-order valence-electron chi connectivity index (χ2n) is 4.73. The molecule has 2 nitrogen and oxygen atoms in total. The number of nitrogens with one attached hydrogen (secondary N) is 1. The van der Waals surface area contributed by atoms with Gasteiger partial charge in [0.2, 0.25) is 0 Å². The van der Waals surface area contributed by atoms with Crippen LogP contribution in [0.25, 0.3) is 0 Å². The normalized spacial score (nSPS) is 21.0. The molecule has 0 radical (unpaired) electrons. The molecule has 1 aliphatic carbocycles. The van der Waals surface area contributed by atoms with Crippen molar-refractivity contribution < 1.29 is 0 Å². The number of benzene rings is 1. The molecule has 0 atom stereocenters. The Kier molecular flexibility index (Phi) is 2.17. The number of rotatable bonds is 1. The van der Waals surface area contributed by atoms with Crippen molar-refractivity contribution in [1.82, 2.24) is 5.32 Å². The van der Waals surface area contributed by atoms with Crippen LogP contribution in [0.1, 0.15) is 24.0 Å². The van der Waals surface area contributed by atoms with Crippen LogP contribution in [-0.4, -0.2) is 19.1 Å². The van der Waals surface area contributed by atoms with Crippen molar-refractivity contribution in [2.75, 3.05) is 18.0 Å². The van der Waals surface area contributed by atoms with Crippen LogP contribution in [0, 0.1) is 6.92 Å². The van der Waals surface area contributed by atoms with Gasteiger partial charge in [0.25, 0.3) is 0 Å². The standard InChI is InChI=1S/C13H18N2/c1-10-2-3-11-9-14-6-7-15(12-4-5-12)13(11)8-10/h2-3,8,12,14H,4-7,9H2,1H3. The van der Waals surface area contributed by atoms with E-state index in [4.69, 9.17) is 0 Å². The highest BCUT2D eigenvalue weighted by Crippen LogP contribution is 2.34. The molecule has 1 saturated carbocycles. The van der Waals surface area contributed by atoms with Crippen molar-refractivity contribution in [2.24, 2.45) is 0 Å². The molecule has 80 valence electrons. The molecule has 0 unspecified atom stereocenters. The largest absolute Gasteiger partial charge is 0.367 e. The van der Waals surface area contributed by atoms with E-state index in [2.05, 4.69) is 35.3 Å². The van der Waals surface area contributed by atoms with E-state index in [0.717, 1.165) is 19.1 Å². The Hall–Kier alpha value is -1.02. The van der Waals surface area contributed by atoms with Crippen molar-refractivity contribution in [3.8, 4) is 0 Å². The predicted octanol–water partition coefficient (Wildman–Crippen LogP) is 2.07. The lowest BCUT2D eigenvalue weighted by atomic mass is 10.1. The van der Waals surface area contributed by atoms with Gasteiger partial charge in [-0.3, -0.25) is 0 Å². The van der Waals surface area contributed by atoms with E-state index >= 15 is 0 Å². The van der Waals surface area contributed by atoms with E-state index in [1.807, 2.05) is 0 Å². The van der Waals surface area contributed by atoms with Gasteiger partial charge in [0.15, 0.2) is 0 Å². The Labute approximate surface area is 91.3 Å². The van der Waals surface area contributed by atoms with E-state index in [1.54, 1.807) is 0 Å². The lowest BCUT2D eigenvalue weighted by Gasteiger charge is -2.24. The average Bonchev–Trinajstić information content (AvgIpc) is 3.01. The summed E-state index contributed by atoms with van der Waals surface area (Å²) in [4.78, 5) is 2.60. The first-order valence-electron chi connectivity index (χ1n) is 5.91. The van der Waals surface area contributed by atoms with Crippen molar-refractivity contribution in [3.05, 3.63) is 29.3 Å². The maximum Gasteiger partial charge on any atom is 0.0417 e. The molecule has 2 heteroatoms. The molecule has 1 heterocycles. The van der Waals surface area contributed by atoms with Gasteiger partial charge in [0, 0.05) is 31.4 Å². The number of aryl methyl sites for hydroxylation is 1. The van der Waals surface area contributed by atoms with E-state index in [-0.39, 0.29) is 0 Å². The Balaban J connectivity index is 2.02. The number of fused-ring (bicyclic) bond motifs is 1. The lowest BCUT2D eigenvalue weighted by Crippen LogP contribution is -2.30. The van der Waals surface area contributed by atoms with Crippen molar-refractivity contribution >= 4 is 5.69 Å². The van der Waals surface area contributed by atoms with E-state index in [9.17, 15) is 0 Å². The molecule has 1 N–H and O–H groups in total. The van der Waals surface area contributed by atoms with Gasteiger partial charge in [-0.1, -0.05) is 12.1 Å². The van der Waals surface area contributed by atoms with Crippen LogP contribution in [0.3, 0.4) is 0 Å². The summed E-state index contributed by atoms with van der Waals surface area (Å²) in [6.45, 7) is 5.49. The van der Waals surface area contributed by atoms with Gasteiger partial charge in [0.05, 0.1) is 0 Å². The highest BCUT2D eigenvalue weighted by atomic mass is 15.2. The van der Waals surface area contributed by atoms with Crippen LogP contribution in [0.15, 0.2) is 18.2 Å². The lowest BCUT2D eigenvalue weighted by molar-refractivity contribution is 0.687. The minimum Gasteiger partial charge on any atom is -0.367 e. The molecule has 0 saturated heterocycles. The Morgan fingerprint density at radius 3 is 3.00 bits per heavy atom. The van der Waals surface area contributed by atoms with Crippen LogP contribution in [0.2, 0.25) is 0 Å². The monoisotopic (exact) mass is 202 g/mol. The van der Waals surface area contributed by atoms with E-state index in [1.165, 1.54) is 36.2 Å². The number of hydrogen-bond acceptors (Lipinski definition) is 2. The smallest absolute Gasteiger partial charge is 0.0417 e. The maximum atomic E-state index is 3.49. The Bertz CT molecular complexity index is 369. The molecule has 0 aromatic heterocycles. The molecule has 1 fully saturated rings. The van der Waals surface area contributed by atoms with Gasteiger partial charge in [-0.2, -0.15) is 0 Å². The van der Waals surface area contributed by atoms with Crippen molar-refractivity contribution in [3.63, 3.8) is 0 Å². The van der Waals surface area contributed by atoms with Gasteiger partial charge in [-0.05, 0) is 37.0 Å². The molecule has 3 rings (SSSR count). The zero-order chi connectivity index (χ0) is 10.3. The molecule has 1 aromatic carbocycles. The van der Waals surface area contributed by atoms with Gasteiger partial charge >= 0.3 is 0 Å². The van der Waals surface area contributed by atoms with Gasteiger partial charge in [-0.15, -0.1) is 0 Å². The summed E-state index contributed by atoms with van der Waals surface area (Å²) in [5.74, 6) is 0. The average molecular weight is 202 g/mol. The van der Waals surface area contributed by atoms with Gasteiger partial charge in [0.1, 0.15) is 0 Å².